The number of amides is 1. The number of carbonyl (C=O) groups excluding carboxylic acids is 1. The summed E-state index contributed by atoms with van der Waals surface area (Å²) >= 11 is 0. The lowest BCUT2D eigenvalue weighted by molar-refractivity contribution is 0.0953. The van der Waals surface area contributed by atoms with Crippen molar-refractivity contribution in [2.24, 2.45) is 0 Å². The minimum absolute atomic E-state index is 0.0603. The van der Waals surface area contributed by atoms with E-state index in [1.165, 1.54) is 25.3 Å². The van der Waals surface area contributed by atoms with Crippen LogP contribution in [0.5, 0.6) is 5.75 Å². The fraction of sp³-hybridized carbons (Fsp3) is 0.300. The van der Waals surface area contributed by atoms with Gasteiger partial charge in [-0.2, -0.15) is 0 Å². The summed E-state index contributed by atoms with van der Waals surface area (Å²) in [5.41, 5.74) is 0.788. The van der Waals surface area contributed by atoms with E-state index in [-0.39, 0.29) is 23.0 Å². The van der Waals surface area contributed by atoms with Crippen molar-refractivity contribution in [3.8, 4) is 17.1 Å². The molecule has 0 aliphatic heterocycles. The van der Waals surface area contributed by atoms with Crippen LogP contribution in [0.2, 0.25) is 0 Å². The number of nitrogens with zero attached hydrogens (tertiary/aromatic N) is 2. The molecule has 148 valence electrons. The van der Waals surface area contributed by atoms with E-state index in [1.54, 1.807) is 25.3 Å². The van der Waals surface area contributed by atoms with Gasteiger partial charge in [-0.05, 0) is 36.8 Å². The molecule has 0 aliphatic carbocycles. The average molecular weight is 387 g/mol. The van der Waals surface area contributed by atoms with Gasteiger partial charge in [0.05, 0.1) is 13.4 Å². The van der Waals surface area contributed by atoms with E-state index in [2.05, 4.69) is 10.5 Å². The van der Waals surface area contributed by atoms with Gasteiger partial charge in [0.2, 0.25) is 0 Å². The van der Waals surface area contributed by atoms with Crippen LogP contribution in [0.15, 0.2) is 45.5 Å². The maximum Gasteiger partial charge on any atom is 0.259 e. The van der Waals surface area contributed by atoms with Gasteiger partial charge in [-0.1, -0.05) is 5.16 Å². The lowest BCUT2D eigenvalue weighted by Crippen LogP contribution is -2.27. The van der Waals surface area contributed by atoms with E-state index in [4.69, 9.17) is 13.7 Å². The zero-order valence-electron chi connectivity index (χ0n) is 16.0. The van der Waals surface area contributed by atoms with Crippen LogP contribution in [-0.4, -0.2) is 38.8 Å². The summed E-state index contributed by atoms with van der Waals surface area (Å²) in [5.74, 6) is 0.759. The van der Waals surface area contributed by atoms with Gasteiger partial charge in [0.1, 0.15) is 11.3 Å². The number of hydrogen-bond donors (Lipinski definition) is 1. The highest BCUT2D eigenvalue weighted by molar-refractivity contribution is 6.04. The van der Waals surface area contributed by atoms with E-state index in [0.29, 0.717) is 17.9 Å². The Hall–Kier alpha value is -3.29. The third kappa shape index (κ3) is 4.16. The number of ether oxygens (including phenoxy) is 1. The Morgan fingerprint density at radius 1 is 1.32 bits per heavy atom. The highest BCUT2D eigenvalue weighted by Crippen LogP contribution is 2.33. The lowest BCUT2D eigenvalue weighted by atomic mass is 10.1. The van der Waals surface area contributed by atoms with Gasteiger partial charge < -0.3 is 23.9 Å². The molecule has 2 aromatic heterocycles. The van der Waals surface area contributed by atoms with Gasteiger partial charge in [0.15, 0.2) is 23.1 Å². The predicted molar refractivity (Wildman–Crippen MR) is 102 cm³/mol. The molecule has 3 rings (SSSR count). The molecular weight excluding hydrogens is 365 g/mol. The number of hydrogen-bond acceptors (Lipinski definition) is 6. The minimum atomic E-state index is -0.498. The van der Waals surface area contributed by atoms with Crippen molar-refractivity contribution < 1.29 is 22.9 Å². The molecule has 0 unspecified atom stereocenters. The third-order valence-corrected chi connectivity index (χ3v) is 4.20. The van der Waals surface area contributed by atoms with Gasteiger partial charge >= 0.3 is 0 Å². The first-order chi connectivity index (χ1) is 13.5. The molecule has 0 fully saturated rings. The maximum absolute atomic E-state index is 13.7. The van der Waals surface area contributed by atoms with E-state index < -0.39 is 5.82 Å². The van der Waals surface area contributed by atoms with Crippen molar-refractivity contribution in [2.75, 3.05) is 32.6 Å². The molecule has 28 heavy (non-hydrogen) atoms. The molecule has 1 amide bonds. The summed E-state index contributed by atoms with van der Waals surface area (Å²) in [6, 6.07) is 7.98. The van der Waals surface area contributed by atoms with Crippen molar-refractivity contribution in [1.82, 2.24) is 10.5 Å². The molecule has 0 atom stereocenters. The van der Waals surface area contributed by atoms with Crippen molar-refractivity contribution in [1.29, 1.82) is 0 Å². The summed E-state index contributed by atoms with van der Waals surface area (Å²) in [5, 5.41) is 6.88. The monoisotopic (exact) mass is 387 g/mol. The van der Waals surface area contributed by atoms with E-state index >= 15 is 0 Å². The summed E-state index contributed by atoms with van der Waals surface area (Å²) in [6.45, 7) is 0.462. The number of carbonyl (C=O) groups is 1. The lowest BCUT2D eigenvalue weighted by Gasteiger charge is -2.11. The molecule has 0 bridgehead atoms. The second-order valence-corrected chi connectivity index (χ2v) is 6.39. The molecule has 0 radical (unpaired) electrons. The Bertz CT molecular complexity index is 935. The first kappa shape index (κ1) is 19.5. The minimum Gasteiger partial charge on any atom is -0.494 e. The third-order valence-electron chi connectivity index (χ3n) is 4.20. The molecule has 0 saturated carbocycles. The van der Waals surface area contributed by atoms with E-state index in [9.17, 15) is 9.18 Å². The summed E-state index contributed by atoms with van der Waals surface area (Å²) < 4.78 is 29.5. The number of aromatic nitrogens is 1. The van der Waals surface area contributed by atoms with Gasteiger partial charge in [0, 0.05) is 32.6 Å². The molecule has 0 spiro atoms. The number of rotatable bonds is 8. The van der Waals surface area contributed by atoms with Crippen molar-refractivity contribution >= 4 is 11.7 Å². The van der Waals surface area contributed by atoms with Crippen LogP contribution in [0, 0.1) is 5.82 Å². The molecular formula is C20H22FN3O4. The van der Waals surface area contributed by atoms with Crippen molar-refractivity contribution in [2.45, 2.75) is 12.8 Å². The second kappa shape index (κ2) is 8.60. The van der Waals surface area contributed by atoms with Crippen molar-refractivity contribution in [3.05, 3.63) is 53.7 Å². The molecule has 7 nitrogen and oxygen atoms in total. The van der Waals surface area contributed by atoms with Crippen LogP contribution < -0.4 is 15.0 Å². The largest absolute Gasteiger partial charge is 0.494 e. The molecule has 1 N–H and O–H groups in total. The number of furan rings is 1. The Morgan fingerprint density at radius 3 is 2.82 bits per heavy atom. The van der Waals surface area contributed by atoms with Crippen molar-refractivity contribution in [3.63, 3.8) is 0 Å². The van der Waals surface area contributed by atoms with Gasteiger partial charge in [0.25, 0.3) is 5.91 Å². The smallest absolute Gasteiger partial charge is 0.259 e. The summed E-state index contributed by atoms with van der Waals surface area (Å²) in [7, 11) is 4.90. The number of anilines is 1. The standard InChI is InChI=1S/C20H22FN3O4/c1-24(2)19-17(20(25)22-10-4-6-14-7-5-11-27-14)18(28-23-19)13-8-9-15(21)16(12-13)26-3/h5,7-9,11-12H,4,6,10H2,1-3H3,(H,22,25). The van der Waals surface area contributed by atoms with E-state index in [1.807, 2.05) is 12.1 Å². The number of benzene rings is 1. The number of halogens is 1. The SMILES string of the molecule is COc1cc(-c2onc(N(C)C)c2C(=O)NCCCc2ccco2)ccc1F. The predicted octanol–water partition coefficient (Wildman–Crippen LogP) is 3.51. The Morgan fingerprint density at radius 2 is 2.14 bits per heavy atom. The van der Waals surface area contributed by atoms with Crippen LogP contribution in [-0.2, 0) is 6.42 Å². The first-order valence-corrected chi connectivity index (χ1v) is 8.82. The van der Waals surface area contributed by atoms with E-state index in [0.717, 1.165) is 18.6 Å². The summed E-state index contributed by atoms with van der Waals surface area (Å²) in [6.07, 6.45) is 3.07. The maximum atomic E-state index is 13.7. The second-order valence-electron chi connectivity index (χ2n) is 6.39. The summed E-state index contributed by atoms with van der Waals surface area (Å²) in [4.78, 5) is 14.5. The Labute approximate surface area is 162 Å². The molecule has 2 heterocycles. The van der Waals surface area contributed by atoms with Crippen LogP contribution in [0.1, 0.15) is 22.5 Å². The first-order valence-electron chi connectivity index (χ1n) is 8.82. The quantitative estimate of drug-likeness (QED) is 0.596. The molecule has 0 saturated heterocycles. The molecule has 1 aromatic carbocycles. The topological polar surface area (TPSA) is 80.7 Å². The molecule has 8 heteroatoms. The zero-order chi connectivity index (χ0) is 20.1. The van der Waals surface area contributed by atoms with Crippen LogP contribution in [0.25, 0.3) is 11.3 Å². The molecule has 0 aliphatic rings. The number of methoxy groups -OCH3 is 1. The highest BCUT2D eigenvalue weighted by atomic mass is 19.1. The average Bonchev–Trinajstić information content (AvgIpc) is 3.35. The van der Waals surface area contributed by atoms with Crippen LogP contribution >= 0.6 is 0 Å². The highest BCUT2D eigenvalue weighted by Gasteiger charge is 2.26. The zero-order valence-corrected chi connectivity index (χ0v) is 16.0. The fourth-order valence-corrected chi connectivity index (χ4v) is 2.80. The van der Waals surface area contributed by atoms with Gasteiger partial charge in [-0.25, -0.2) is 4.39 Å². The van der Waals surface area contributed by atoms with Gasteiger partial charge in [-0.3, -0.25) is 4.79 Å². The normalized spacial score (nSPS) is 10.7. The van der Waals surface area contributed by atoms with Crippen LogP contribution in [0.3, 0.4) is 0 Å². The number of nitrogens with one attached hydrogen (secondary N) is 1. The van der Waals surface area contributed by atoms with Gasteiger partial charge in [-0.15, -0.1) is 0 Å². The number of aryl methyl sites for hydroxylation is 1. The Kier molecular flexibility index (Phi) is 5.98. The fourth-order valence-electron chi connectivity index (χ4n) is 2.80. The van der Waals surface area contributed by atoms with Crippen LogP contribution in [0.4, 0.5) is 10.2 Å². The Balaban J connectivity index is 1.80. The molecule has 3 aromatic rings.